The second-order valence-corrected chi connectivity index (χ2v) is 12.1. The quantitative estimate of drug-likeness (QED) is 0.0990. The number of hydrogen-bond donors (Lipinski definition) is 6. The smallest absolute Gasteiger partial charge is 0.271 e. The van der Waals surface area contributed by atoms with Gasteiger partial charge in [0.1, 0.15) is 22.8 Å². The van der Waals surface area contributed by atoms with Gasteiger partial charge in [0.15, 0.2) is 12.1 Å². The van der Waals surface area contributed by atoms with E-state index in [-0.39, 0.29) is 65.4 Å². The highest BCUT2D eigenvalue weighted by Gasteiger charge is 2.49. The van der Waals surface area contributed by atoms with Gasteiger partial charge in [0.2, 0.25) is 5.78 Å². The number of halogens is 1. The van der Waals surface area contributed by atoms with Crippen molar-refractivity contribution in [1.82, 2.24) is 5.43 Å². The summed E-state index contributed by atoms with van der Waals surface area (Å²) < 4.78 is 17.5. The molecule has 0 saturated carbocycles. The molecule has 0 radical (unpaired) electrons. The van der Waals surface area contributed by atoms with Crippen molar-refractivity contribution in [2.24, 2.45) is 10.8 Å². The largest absolute Gasteiger partial charge is 0.507 e. The summed E-state index contributed by atoms with van der Waals surface area (Å²) >= 11 is 0. The first-order valence-electron chi connectivity index (χ1n) is 15.1. The number of amides is 1. The van der Waals surface area contributed by atoms with Gasteiger partial charge in [-0.15, -0.1) is 12.4 Å². The Hall–Kier alpha value is -4.37. The molecule has 0 aromatic heterocycles. The molecule has 0 spiro atoms. The fraction of sp³-hybridized carbons (Fsp3) is 0.353. The van der Waals surface area contributed by atoms with Crippen molar-refractivity contribution in [2.45, 2.75) is 69.4 Å². The van der Waals surface area contributed by atoms with Crippen LogP contribution in [0.15, 0.2) is 53.6 Å². The van der Waals surface area contributed by atoms with E-state index in [4.69, 9.17) is 19.9 Å². The molecule has 1 aliphatic heterocycles. The highest BCUT2D eigenvalue weighted by Crippen LogP contribution is 2.52. The summed E-state index contributed by atoms with van der Waals surface area (Å²) in [6.45, 7) is 3.09. The van der Waals surface area contributed by atoms with Crippen LogP contribution in [-0.4, -0.2) is 80.9 Å². The van der Waals surface area contributed by atoms with E-state index >= 15 is 0 Å². The molecule has 3 aliphatic rings. The molecule has 6 atom stereocenters. The van der Waals surface area contributed by atoms with Crippen LogP contribution in [0.4, 0.5) is 0 Å². The number of nitrogens with one attached hydrogen (secondary N) is 1. The number of benzene rings is 3. The van der Waals surface area contributed by atoms with Gasteiger partial charge >= 0.3 is 0 Å². The maximum Gasteiger partial charge on any atom is 0.271 e. The number of ether oxygens (including phenoxy) is 3. The summed E-state index contributed by atoms with van der Waals surface area (Å²) in [6.07, 6.45) is -4.51. The van der Waals surface area contributed by atoms with Gasteiger partial charge in [0.05, 0.1) is 47.8 Å². The summed E-state index contributed by atoms with van der Waals surface area (Å²) in [5.74, 6) is -3.08. The Morgan fingerprint density at radius 3 is 2.40 bits per heavy atom. The number of fused-ring (bicyclic) bond motifs is 3. The van der Waals surface area contributed by atoms with Crippen molar-refractivity contribution in [3.8, 4) is 17.2 Å². The summed E-state index contributed by atoms with van der Waals surface area (Å²) in [5, 5.41) is 50.0. The molecule has 1 heterocycles. The van der Waals surface area contributed by atoms with Gasteiger partial charge in [-0.05, 0) is 32.0 Å². The summed E-state index contributed by atoms with van der Waals surface area (Å²) in [4.78, 5) is 40.4. The average molecular weight is 682 g/mol. The number of aromatic hydroxyl groups is 2. The first-order chi connectivity index (χ1) is 22.4. The molecule has 14 heteroatoms. The van der Waals surface area contributed by atoms with E-state index in [9.17, 15) is 34.8 Å². The van der Waals surface area contributed by atoms with Crippen LogP contribution in [0.2, 0.25) is 0 Å². The predicted molar refractivity (Wildman–Crippen MR) is 174 cm³/mol. The Labute approximate surface area is 281 Å². The van der Waals surface area contributed by atoms with E-state index in [2.05, 4.69) is 10.5 Å². The van der Waals surface area contributed by atoms with Gasteiger partial charge in [0, 0.05) is 47.6 Å². The molecule has 1 fully saturated rings. The van der Waals surface area contributed by atoms with Crippen molar-refractivity contribution in [3.63, 3.8) is 0 Å². The summed E-state index contributed by atoms with van der Waals surface area (Å²) in [6, 6.07) is 12.1. The van der Waals surface area contributed by atoms with Gasteiger partial charge in [-0.2, -0.15) is 5.10 Å². The molecule has 2 aliphatic carbocycles. The monoisotopic (exact) mass is 681 g/mol. The number of aliphatic hydroxyl groups is 2. The number of phenolic OH excluding ortho intramolecular Hbond substituents is 2. The lowest BCUT2D eigenvalue weighted by atomic mass is 9.71. The Morgan fingerprint density at radius 2 is 1.73 bits per heavy atom. The van der Waals surface area contributed by atoms with Gasteiger partial charge in [-0.3, -0.25) is 14.4 Å². The van der Waals surface area contributed by atoms with Gasteiger partial charge in [0.25, 0.3) is 5.91 Å². The fourth-order valence-corrected chi connectivity index (χ4v) is 6.56. The minimum absolute atomic E-state index is 0. The third-order valence-electron chi connectivity index (χ3n) is 9.18. The molecule has 254 valence electrons. The lowest BCUT2D eigenvalue weighted by Crippen LogP contribution is -2.52. The molecular weight excluding hydrogens is 646 g/mol. The molecule has 1 saturated heterocycles. The number of hydrazone groups is 1. The zero-order valence-corrected chi connectivity index (χ0v) is 27.1. The lowest BCUT2D eigenvalue weighted by molar-refractivity contribution is -0.245. The molecule has 13 nitrogen and oxygen atoms in total. The molecule has 48 heavy (non-hydrogen) atoms. The molecule has 6 unspecified atom stereocenters. The van der Waals surface area contributed by atoms with Crippen molar-refractivity contribution in [1.29, 1.82) is 0 Å². The van der Waals surface area contributed by atoms with Crippen molar-refractivity contribution < 1.29 is 49.0 Å². The van der Waals surface area contributed by atoms with Gasteiger partial charge in [-0.25, -0.2) is 5.43 Å². The number of nitrogens with zero attached hydrogens (tertiary/aromatic N) is 1. The normalized spacial score (nSPS) is 26.5. The van der Waals surface area contributed by atoms with Crippen LogP contribution in [0.5, 0.6) is 17.2 Å². The van der Waals surface area contributed by atoms with Crippen LogP contribution in [0.3, 0.4) is 0 Å². The van der Waals surface area contributed by atoms with E-state index in [1.807, 2.05) is 0 Å². The number of carbonyl (C=O) groups is 3. The Kier molecular flexibility index (Phi) is 9.66. The molecule has 3 aromatic carbocycles. The van der Waals surface area contributed by atoms with E-state index in [0.29, 0.717) is 5.56 Å². The number of ketones is 2. The number of phenols is 2. The lowest BCUT2D eigenvalue weighted by Gasteiger charge is -2.42. The standard InChI is InChI=1S/C34H35N3O10.ClH/c1-15-28(38)20(35)12-23(46-15)47-22-14-34(44,16(2)36-37-33(43)17-8-5-4-6-9-17)13-19-25(22)32(42)27-26(30(19)40)29(39)18-10-7-11-21(45-3)24(18)31(27)41;/h4-11,15,20,22-23,28,38,40,42,44H,12-14,35H2,1-3H3,(H,37,43);1H/b36-16+;. The maximum atomic E-state index is 13.9. The Morgan fingerprint density at radius 1 is 1.04 bits per heavy atom. The zero-order chi connectivity index (χ0) is 33.8. The second-order valence-electron chi connectivity index (χ2n) is 12.1. The zero-order valence-electron chi connectivity index (χ0n) is 26.3. The van der Waals surface area contributed by atoms with E-state index < -0.39 is 76.3 Å². The van der Waals surface area contributed by atoms with Crippen LogP contribution >= 0.6 is 12.4 Å². The minimum Gasteiger partial charge on any atom is -0.507 e. The number of rotatable bonds is 6. The van der Waals surface area contributed by atoms with Crippen LogP contribution in [0.1, 0.15) is 86.1 Å². The Bertz CT molecular complexity index is 1800. The highest BCUT2D eigenvalue weighted by atomic mass is 35.5. The Balaban J connectivity index is 0.00000451. The summed E-state index contributed by atoms with van der Waals surface area (Å²) in [5.41, 5.74) is 6.04. The first kappa shape index (κ1) is 35.0. The van der Waals surface area contributed by atoms with E-state index in [0.717, 1.165) is 0 Å². The summed E-state index contributed by atoms with van der Waals surface area (Å²) in [7, 11) is 1.34. The van der Waals surface area contributed by atoms with Crippen LogP contribution in [-0.2, 0) is 15.9 Å². The van der Waals surface area contributed by atoms with Crippen LogP contribution < -0.4 is 15.9 Å². The number of nitrogens with two attached hydrogens (primary N) is 1. The third-order valence-corrected chi connectivity index (χ3v) is 9.18. The van der Waals surface area contributed by atoms with Gasteiger partial charge < -0.3 is 40.4 Å². The van der Waals surface area contributed by atoms with Crippen molar-refractivity contribution >= 4 is 35.6 Å². The van der Waals surface area contributed by atoms with E-state index in [1.165, 1.54) is 32.2 Å². The van der Waals surface area contributed by atoms with Crippen LogP contribution in [0.25, 0.3) is 0 Å². The molecule has 3 aromatic rings. The van der Waals surface area contributed by atoms with Crippen molar-refractivity contribution in [2.75, 3.05) is 7.11 Å². The molecule has 6 rings (SSSR count). The van der Waals surface area contributed by atoms with Crippen LogP contribution in [0, 0.1) is 0 Å². The third kappa shape index (κ3) is 5.82. The number of hydrogen-bond acceptors (Lipinski definition) is 12. The molecular formula is C34H36ClN3O10. The molecule has 7 N–H and O–H groups in total. The maximum absolute atomic E-state index is 13.9. The van der Waals surface area contributed by atoms with Crippen molar-refractivity contribution in [3.05, 3.63) is 87.5 Å². The molecule has 1 amide bonds. The molecule has 0 bridgehead atoms. The predicted octanol–water partition coefficient (Wildman–Crippen LogP) is 2.67. The van der Waals surface area contributed by atoms with Gasteiger partial charge in [-0.1, -0.05) is 30.3 Å². The minimum atomic E-state index is -1.88. The fourth-order valence-electron chi connectivity index (χ4n) is 6.56. The SMILES string of the molecule is COc1cccc2c1C(=O)c1c(O)c3c(c(O)c1C2=O)CC(O)(/C(C)=N/NC(=O)c1ccccc1)CC3OC1CC(N)C(O)C(C)O1.Cl. The topological polar surface area (TPSA) is 210 Å². The number of carbonyl (C=O) groups excluding carboxylic acids is 3. The number of aliphatic hydroxyl groups excluding tert-OH is 1. The number of methoxy groups -OCH3 is 1. The highest BCUT2D eigenvalue weighted by molar-refractivity contribution is 6.31. The first-order valence-corrected chi connectivity index (χ1v) is 15.1. The average Bonchev–Trinajstić information content (AvgIpc) is 3.06. The second kappa shape index (κ2) is 13.3. The van der Waals surface area contributed by atoms with E-state index in [1.54, 1.807) is 37.3 Å².